The van der Waals surface area contributed by atoms with Gasteiger partial charge < -0.3 is 10.4 Å². The van der Waals surface area contributed by atoms with Gasteiger partial charge >= 0.3 is 0 Å². The number of aliphatic hydroxyl groups is 1. The van der Waals surface area contributed by atoms with Gasteiger partial charge in [-0.15, -0.1) is 0 Å². The van der Waals surface area contributed by atoms with Crippen molar-refractivity contribution in [3.8, 4) is 0 Å². The summed E-state index contributed by atoms with van der Waals surface area (Å²) in [4.78, 5) is 0. The van der Waals surface area contributed by atoms with E-state index >= 15 is 0 Å². The van der Waals surface area contributed by atoms with Crippen LogP contribution in [0.1, 0.15) is 30.4 Å². The van der Waals surface area contributed by atoms with Crippen LogP contribution in [0, 0.1) is 12.7 Å². The summed E-state index contributed by atoms with van der Waals surface area (Å²) in [6.07, 6.45) is 2.71. The summed E-state index contributed by atoms with van der Waals surface area (Å²) in [5.74, 6) is -0.200. The van der Waals surface area contributed by atoms with Crippen LogP contribution >= 0.6 is 0 Å². The predicted molar refractivity (Wildman–Crippen MR) is 61.6 cm³/mol. The number of hydrogen-bond donors (Lipinski definition) is 2. The molecule has 0 saturated heterocycles. The zero-order chi connectivity index (χ0) is 11.5. The molecule has 1 aliphatic rings. The minimum Gasteiger partial charge on any atom is -0.392 e. The van der Waals surface area contributed by atoms with E-state index in [0.717, 1.165) is 30.4 Å². The number of benzene rings is 1. The molecule has 0 bridgehead atoms. The van der Waals surface area contributed by atoms with Gasteiger partial charge in [0.15, 0.2) is 0 Å². The van der Waals surface area contributed by atoms with Gasteiger partial charge in [0.05, 0.1) is 6.10 Å². The van der Waals surface area contributed by atoms with Crippen LogP contribution in [0.4, 0.5) is 4.39 Å². The smallest absolute Gasteiger partial charge is 0.123 e. The minimum absolute atomic E-state index is 0.169. The molecule has 0 radical (unpaired) electrons. The van der Waals surface area contributed by atoms with Crippen LogP contribution in [0.5, 0.6) is 0 Å². The highest BCUT2D eigenvalue weighted by Gasteiger charge is 2.24. The van der Waals surface area contributed by atoms with Crippen LogP contribution in [0.25, 0.3) is 0 Å². The maximum atomic E-state index is 13.0. The second-order valence-electron chi connectivity index (χ2n) is 4.56. The van der Waals surface area contributed by atoms with E-state index in [0.29, 0.717) is 6.54 Å². The topological polar surface area (TPSA) is 32.3 Å². The summed E-state index contributed by atoms with van der Waals surface area (Å²) < 4.78 is 13.0. The maximum Gasteiger partial charge on any atom is 0.123 e. The summed E-state index contributed by atoms with van der Waals surface area (Å²) in [6, 6.07) is 4.99. The zero-order valence-electron chi connectivity index (χ0n) is 9.54. The zero-order valence-corrected chi connectivity index (χ0v) is 9.54. The van der Waals surface area contributed by atoms with Crippen molar-refractivity contribution in [3.63, 3.8) is 0 Å². The molecule has 1 aromatic rings. The molecule has 1 fully saturated rings. The Morgan fingerprint density at radius 2 is 2.25 bits per heavy atom. The van der Waals surface area contributed by atoms with Crippen LogP contribution in [-0.4, -0.2) is 17.3 Å². The van der Waals surface area contributed by atoms with E-state index in [4.69, 9.17) is 0 Å². The van der Waals surface area contributed by atoms with Crippen LogP contribution < -0.4 is 5.32 Å². The fourth-order valence-corrected chi connectivity index (χ4v) is 2.25. The van der Waals surface area contributed by atoms with Gasteiger partial charge in [-0.3, -0.25) is 0 Å². The molecular weight excluding hydrogens is 205 g/mol. The lowest BCUT2D eigenvalue weighted by molar-refractivity contribution is 0.148. The molecule has 0 spiro atoms. The van der Waals surface area contributed by atoms with E-state index in [2.05, 4.69) is 5.32 Å². The first-order valence-corrected chi connectivity index (χ1v) is 5.83. The fourth-order valence-electron chi connectivity index (χ4n) is 2.25. The molecule has 1 aromatic carbocycles. The van der Waals surface area contributed by atoms with Gasteiger partial charge in [0, 0.05) is 12.6 Å². The van der Waals surface area contributed by atoms with Gasteiger partial charge in [0.1, 0.15) is 5.82 Å². The van der Waals surface area contributed by atoms with Gasteiger partial charge in [0.25, 0.3) is 0 Å². The molecule has 0 aliphatic heterocycles. The average Bonchev–Trinajstić information content (AvgIpc) is 2.66. The molecular formula is C13H18FNO. The van der Waals surface area contributed by atoms with Crippen LogP contribution in [0.3, 0.4) is 0 Å². The molecule has 0 heterocycles. The molecule has 0 aromatic heterocycles. The van der Waals surface area contributed by atoms with Crippen molar-refractivity contribution in [2.24, 2.45) is 0 Å². The molecule has 2 rings (SSSR count). The number of rotatable bonds is 3. The molecule has 1 saturated carbocycles. The van der Waals surface area contributed by atoms with Crippen molar-refractivity contribution < 1.29 is 9.50 Å². The normalized spacial score (nSPS) is 24.9. The highest BCUT2D eigenvalue weighted by molar-refractivity contribution is 5.26. The first kappa shape index (κ1) is 11.6. The second kappa shape index (κ2) is 4.93. The van der Waals surface area contributed by atoms with E-state index in [-0.39, 0.29) is 18.0 Å². The van der Waals surface area contributed by atoms with Crippen molar-refractivity contribution in [2.75, 3.05) is 0 Å². The van der Waals surface area contributed by atoms with Gasteiger partial charge in [-0.05, 0) is 49.4 Å². The molecule has 2 N–H and O–H groups in total. The summed E-state index contributed by atoms with van der Waals surface area (Å²) >= 11 is 0. The summed E-state index contributed by atoms with van der Waals surface area (Å²) in [5, 5.41) is 13.0. The predicted octanol–water partition coefficient (Wildman–Crippen LogP) is 2.14. The Morgan fingerprint density at radius 3 is 2.94 bits per heavy atom. The first-order valence-electron chi connectivity index (χ1n) is 5.83. The third-order valence-electron chi connectivity index (χ3n) is 3.35. The molecule has 88 valence electrons. The van der Waals surface area contributed by atoms with Crippen molar-refractivity contribution in [1.82, 2.24) is 5.32 Å². The molecule has 16 heavy (non-hydrogen) atoms. The van der Waals surface area contributed by atoms with Gasteiger partial charge in [-0.25, -0.2) is 4.39 Å². The fraction of sp³-hybridized carbons (Fsp3) is 0.538. The summed E-state index contributed by atoms with van der Waals surface area (Å²) in [5.41, 5.74) is 2.06. The molecule has 2 atom stereocenters. The van der Waals surface area contributed by atoms with E-state index < -0.39 is 0 Å². The van der Waals surface area contributed by atoms with Gasteiger partial charge in [-0.1, -0.05) is 6.07 Å². The number of hydrogen-bond acceptors (Lipinski definition) is 2. The van der Waals surface area contributed by atoms with E-state index in [1.54, 1.807) is 12.1 Å². The molecule has 3 heteroatoms. The lowest BCUT2D eigenvalue weighted by atomic mass is 10.1. The van der Waals surface area contributed by atoms with Crippen LogP contribution in [0.2, 0.25) is 0 Å². The number of halogens is 1. The monoisotopic (exact) mass is 223 g/mol. The third kappa shape index (κ3) is 2.60. The summed E-state index contributed by atoms with van der Waals surface area (Å²) in [7, 11) is 0. The Balaban J connectivity index is 1.96. The molecule has 0 amide bonds. The average molecular weight is 223 g/mol. The Labute approximate surface area is 95.5 Å². The highest BCUT2D eigenvalue weighted by atomic mass is 19.1. The van der Waals surface area contributed by atoms with E-state index in [9.17, 15) is 9.50 Å². The quantitative estimate of drug-likeness (QED) is 0.822. The number of aryl methyl sites for hydroxylation is 1. The minimum atomic E-state index is -0.242. The van der Waals surface area contributed by atoms with Crippen molar-refractivity contribution in [2.45, 2.75) is 44.9 Å². The van der Waals surface area contributed by atoms with Crippen molar-refractivity contribution in [3.05, 3.63) is 35.1 Å². The Morgan fingerprint density at radius 1 is 1.44 bits per heavy atom. The first-order chi connectivity index (χ1) is 7.66. The Hall–Kier alpha value is -0.930. The molecule has 1 aliphatic carbocycles. The Kier molecular flexibility index (Phi) is 3.56. The molecule has 2 nitrogen and oxygen atoms in total. The van der Waals surface area contributed by atoms with Gasteiger partial charge in [0.2, 0.25) is 0 Å². The number of aliphatic hydroxyl groups excluding tert-OH is 1. The second-order valence-corrected chi connectivity index (χ2v) is 4.56. The number of nitrogens with one attached hydrogen (secondary N) is 1. The van der Waals surface area contributed by atoms with Crippen LogP contribution in [-0.2, 0) is 6.54 Å². The lowest BCUT2D eigenvalue weighted by Gasteiger charge is -2.17. The summed E-state index contributed by atoms with van der Waals surface area (Å²) in [6.45, 7) is 2.60. The lowest BCUT2D eigenvalue weighted by Crippen LogP contribution is -2.35. The third-order valence-corrected chi connectivity index (χ3v) is 3.35. The van der Waals surface area contributed by atoms with E-state index in [1.807, 2.05) is 6.92 Å². The SMILES string of the molecule is Cc1ccc(F)cc1CNC1CCCC1O. The van der Waals surface area contributed by atoms with Crippen molar-refractivity contribution >= 4 is 0 Å². The van der Waals surface area contributed by atoms with Crippen molar-refractivity contribution in [1.29, 1.82) is 0 Å². The van der Waals surface area contributed by atoms with Gasteiger partial charge in [-0.2, -0.15) is 0 Å². The maximum absolute atomic E-state index is 13.0. The Bertz CT molecular complexity index is 367. The van der Waals surface area contributed by atoms with Crippen LogP contribution in [0.15, 0.2) is 18.2 Å². The van der Waals surface area contributed by atoms with E-state index in [1.165, 1.54) is 6.07 Å². The largest absolute Gasteiger partial charge is 0.392 e. The standard InChI is InChI=1S/C13H18FNO/c1-9-5-6-11(14)7-10(9)8-15-12-3-2-4-13(12)16/h5-7,12-13,15-16H,2-4,8H2,1H3. The highest BCUT2D eigenvalue weighted by Crippen LogP contribution is 2.19. The molecule has 2 unspecified atom stereocenters.